The van der Waals surface area contributed by atoms with Gasteiger partial charge in [-0.05, 0) is 61.7 Å². The summed E-state index contributed by atoms with van der Waals surface area (Å²) in [4.78, 5) is 42.1. The normalized spacial score (nSPS) is 14.4. The van der Waals surface area contributed by atoms with Gasteiger partial charge in [-0.3, -0.25) is 19.3 Å². The van der Waals surface area contributed by atoms with Gasteiger partial charge in [0.25, 0.3) is 0 Å². The van der Waals surface area contributed by atoms with Crippen LogP contribution in [0.1, 0.15) is 61.0 Å². The molecular formula is C31H33N5O4. The van der Waals surface area contributed by atoms with Crippen LogP contribution in [-0.2, 0) is 16.1 Å². The predicted molar refractivity (Wildman–Crippen MR) is 152 cm³/mol. The highest BCUT2D eigenvalue weighted by Crippen LogP contribution is 2.32. The number of carbonyl (C=O) groups excluding carboxylic acids is 3. The second-order valence-corrected chi connectivity index (χ2v) is 10.1. The Morgan fingerprint density at radius 2 is 1.77 bits per heavy atom. The highest BCUT2D eigenvalue weighted by Gasteiger charge is 2.35. The van der Waals surface area contributed by atoms with Gasteiger partial charge >= 0.3 is 0 Å². The summed E-state index contributed by atoms with van der Waals surface area (Å²) >= 11 is 0. The van der Waals surface area contributed by atoms with E-state index >= 15 is 0 Å². The van der Waals surface area contributed by atoms with Gasteiger partial charge in [0.2, 0.25) is 11.8 Å². The summed E-state index contributed by atoms with van der Waals surface area (Å²) in [7, 11) is 1.56. The van der Waals surface area contributed by atoms with E-state index in [2.05, 4.69) is 15.6 Å². The number of amides is 2. The zero-order valence-corrected chi connectivity index (χ0v) is 22.7. The SMILES string of the molecule is COc1cccc(C(C(=O)NC2CCCCC2)N(C(=O)Cn2nnc3ccccc32)c2cccc(C(C)=O)c2)c1. The number of rotatable bonds is 9. The standard InChI is InChI=1S/C31H33N5O4/c1-21(37)22-10-8-14-25(18-22)36(29(38)20-35-28-17-7-6-16-27(28)33-34-35)30(23-11-9-15-26(19-23)40-2)31(39)32-24-12-4-3-5-13-24/h6-11,14-19,24,30H,3-5,12-13,20H2,1-2H3,(H,32,39). The molecule has 2 amide bonds. The molecule has 1 unspecified atom stereocenters. The zero-order valence-electron chi connectivity index (χ0n) is 22.7. The molecule has 3 aromatic carbocycles. The van der Waals surface area contributed by atoms with E-state index < -0.39 is 6.04 Å². The summed E-state index contributed by atoms with van der Waals surface area (Å²) in [6, 6.07) is 20.4. The number of fused-ring (bicyclic) bond motifs is 1. The van der Waals surface area contributed by atoms with Crippen molar-refractivity contribution in [3.05, 3.63) is 83.9 Å². The third-order valence-electron chi connectivity index (χ3n) is 7.37. The van der Waals surface area contributed by atoms with Gasteiger partial charge in [-0.15, -0.1) is 5.10 Å². The van der Waals surface area contributed by atoms with Gasteiger partial charge < -0.3 is 10.1 Å². The molecule has 0 bridgehead atoms. The number of aromatic nitrogens is 3. The van der Waals surface area contributed by atoms with Gasteiger partial charge in [0, 0.05) is 17.3 Å². The van der Waals surface area contributed by atoms with Crippen LogP contribution in [0.2, 0.25) is 0 Å². The molecule has 40 heavy (non-hydrogen) atoms. The fourth-order valence-corrected chi connectivity index (χ4v) is 5.31. The van der Waals surface area contributed by atoms with Crippen molar-refractivity contribution in [2.75, 3.05) is 12.0 Å². The first-order chi connectivity index (χ1) is 19.4. The molecule has 1 aliphatic carbocycles. The Kier molecular flexibility index (Phi) is 8.19. The molecule has 0 radical (unpaired) electrons. The molecule has 1 fully saturated rings. The van der Waals surface area contributed by atoms with E-state index in [4.69, 9.17) is 4.74 Å². The van der Waals surface area contributed by atoms with E-state index in [0.29, 0.717) is 33.6 Å². The molecule has 1 atom stereocenters. The molecular weight excluding hydrogens is 506 g/mol. The van der Waals surface area contributed by atoms with E-state index in [1.54, 1.807) is 49.6 Å². The number of hydrogen-bond donors (Lipinski definition) is 1. The third-order valence-corrected chi connectivity index (χ3v) is 7.37. The minimum absolute atomic E-state index is 0.0362. The van der Waals surface area contributed by atoms with Gasteiger partial charge in [0.1, 0.15) is 23.9 Å². The second kappa shape index (κ2) is 12.1. The molecule has 9 heteroatoms. The fraction of sp³-hybridized carbons (Fsp3) is 0.323. The van der Waals surface area contributed by atoms with Crippen LogP contribution in [0.4, 0.5) is 5.69 Å². The van der Waals surface area contributed by atoms with Crippen LogP contribution in [0.25, 0.3) is 11.0 Å². The lowest BCUT2D eigenvalue weighted by Crippen LogP contribution is -2.48. The van der Waals surface area contributed by atoms with Crippen molar-refractivity contribution in [1.82, 2.24) is 20.3 Å². The molecule has 4 aromatic rings. The van der Waals surface area contributed by atoms with E-state index in [9.17, 15) is 14.4 Å². The largest absolute Gasteiger partial charge is 0.497 e. The maximum atomic E-state index is 14.2. The quantitative estimate of drug-likeness (QED) is 0.304. The Morgan fingerprint density at radius 1 is 1.00 bits per heavy atom. The Labute approximate surface area is 233 Å². The van der Waals surface area contributed by atoms with Crippen LogP contribution >= 0.6 is 0 Å². The van der Waals surface area contributed by atoms with Gasteiger partial charge in [0.15, 0.2) is 5.78 Å². The van der Waals surface area contributed by atoms with Gasteiger partial charge in [-0.1, -0.05) is 60.9 Å². The summed E-state index contributed by atoms with van der Waals surface area (Å²) in [5.74, 6) is -0.227. The molecule has 1 heterocycles. The highest BCUT2D eigenvalue weighted by molar-refractivity contribution is 6.03. The van der Waals surface area contributed by atoms with Crippen molar-refractivity contribution in [2.24, 2.45) is 0 Å². The van der Waals surface area contributed by atoms with Crippen molar-refractivity contribution >= 4 is 34.3 Å². The van der Waals surface area contributed by atoms with Crippen LogP contribution < -0.4 is 15.0 Å². The Balaban J connectivity index is 1.61. The number of methoxy groups -OCH3 is 1. The number of benzene rings is 3. The van der Waals surface area contributed by atoms with E-state index in [0.717, 1.165) is 32.1 Å². The highest BCUT2D eigenvalue weighted by atomic mass is 16.5. The number of Topliss-reactive ketones (excluding diaryl/α,β-unsaturated/α-hetero) is 1. The fourth-order valence-electron chi connectivity index (χ4n) is 5.31. The molecule has 5 rings (SSSR count). The van der Waals surface area contributed by atoms with Crippen LogP contribution in [0.5, 0.6) is 5.75 Å². The molecule has 1 N–H and O–H groups in total. The van der Waals surface area contributed by atoms with E-state index in [-0.39, 0.29) is 30.2 Å². The topological polar surface area (TPSA) is 106 Å². The average molecular weight is 540 g/mol. The Bertz CT molecular complexity index is 1520. The minimum Gasteiger partial charge on any atom is -0.497 e. The average Bonchev–Trinajstić information content (AvgIpc) is 3.38. The summed E-state index contributed by atoms with van der Waals surface area (Å²) in [5.41, 5.74) is 2.85. The van der Waals surface area contributed by atoms with Crippen molar-refractivity contribution < 1.29 is 19.1 Å². The molecule has 1 aromatic heterocycles. The maximum Gasteiger partial charge on any atom is 0.249 e. The molecule has 0 spiro atoms. The van der Waals surface area contributed by atoms with Gasteiger partial charge in [0.05, 0.1) is 12.6 Å². The van der Waals surface area contributed by atoms with Crippen LogP contribution in [-0.4, -0.2) is 45.7 Å². The van der Waals surface area contributed by atoms with E-state index in [1.165, 1.54) is 16.5 Å². The lowest BCUT2D eigenvalue weighted by atomic mass is 9.94. The molecule has 0 saturated heterocycles. The zero-order chi connectivity index (χ0) is 28.1. The van der Waals surface area contributed by atoms with Crippen molar-refractivity contribution in [1.29, 1.82) is 0 Å². The van der Waals surface area contributed by atoms with Crippen molar-refractivity contribution in [3.8, 4) is 5.75 Å². The first-order valence-corrected chi connectivity index (χ1v) is 13.6. The molecule has 1 aliphatic rings. The van der Waals surface area contributed by atoms with Crippen molar-refractivity contribution in [3.63, 3.8) is 0 Å². The maximum absolute atomic E-state index is 14.2. The first-order valence-electron chi connectivity index (χ1n) is 13.6. The molecule has 0 aliphatic heterocycles. The van der Waals surface area contributed by atoms with Gasteiger partial charge in [-0.25, -0.2) is 4.68 Å². The summed E-state index contributed by atoms with van der Waals surface area (Å²) < 4.78 is 6.99. The molecule has 206 valence electrons. The van der Waals surface area contributed by atoms with Crippen LogP contribution in [0.15, 0.2) is 72.8 Å². The number of ether oxygens (including phenoxy) is 1. The molecule has 9 nitrogen and oxygen atoms in total. The summed E-state index contributed by atoms with van der Waals surface area (Å²) in [5, 5.41) is 11.6. The monoisotopic (exact) mass is 539 g/mol. The molecule has 1 saturated carbocycles. The number of nitrogens with zero attached hydrogens (tertiary/aromatic N) is 4. The number of para-hydroxylation sites is 1. The lowest BCUT2D eigenvalue weighted by molar-refractivity contribution is -0.127. The summed E-state index contributed by atoms with van der Waals surface area (Å²) in [6.07, 6.45) is 5.06. The number of hydrogen-bond acceptors (Lipinski definition) is 6. The van der Waals surface area contributed by atoms with Crippen LogP contribution in [0.3, 0.4) is 0 Å². The van der Waals surface area contributed by atoms with Gasteiger partial charge in [-0.2, -0.15) is 0 Å². The Morgan fingerprint density at radius 3 is 2.55 bits per heavy atom. The summed E-state index contributed by atoms with van der Waals surface area (Å²) in [6.45, 7) is 1.32. The number of ketones is 1. The number of anilines is 1. The first kappa shape index (κ1) is 27.1. The van der Waals surface area contributed by atoms with E-state index in [1.807, 2.05) is 30.3 Å². The third kappa shape index (κ3) is 5.88. The number of nitrogens with one attached hydrogen (secondary N) is 1. The Hall–Kier alpha value is -4.53. The van der Waals surface area contributed by atoms with Crippen LogP contribution in [0, 0.1) is 0 Å². The minimum atomic E-state index is -1.01. The number of carbonyl (C=O) groups is 3. The predicted octanol–water partition coefficient (Wildman–Crippen LogP) is 4.87. The lowest BCUT2D eigenvalue weighted by Gasteiger charge is -2.33. The second-order valence-electron chi connectivity index (χ2n) is 10.1. The smallest absolute Gasteiger partial charge is 0.249 e. The van der Waals surface area contributed by atoms with Crippen molar-refractivity contribution in [2.45, 2.75) is 57.7 Å².